The van der Waals surface area contributed by atoms with E-state index in [0.29, 0.717) is 6.42 Å². The molecule has 0 spiro atoms. The summed E-state index contributed by atoms with van der Waals surface area (Å²) in [6, 6.07) is 12.2. The van der Waals surface area contributed by atoms with Crippen LogP contribution in [0.4, 0.5) is 0 Å². The maximum Gasteiger partial charge on any atom is 0.0485 e. The van der Waals surface area contributed by atoms with Gasteiger partial charge in [-0.15, -0.1) is 0 Å². The number of aliphatic hydroxyl groups is 1. The Hall–Kier alpha value is -1.58. The molecule has 2 rings (SSSR count). The molecule has 0 bridgehead atoms. The fraction of sp³-hybridized carbons (Fsp3) is 0.286. The van der Waals surface area contributed by atoms with Crippen molar-refractivity contribution in [3.63, 3.8) is 0 Å². The molecule has 1 atom stereocenters. The lowest BCUT2D eigenvalue weighted by Gasteiger charge is -2.07. The Morgan fingerprint density at radius 1 is 1.29 bits per heavy atom. The number of aromatic amines is 1. The molecular weight excluding hydrogens is 212 g/mol. The highest BCUT2D eigenvalue weighted by atomic mass is 16.3. The molecule has 2 aromatic rings. The Bertz CT molecular complexity index is 474. The zero-order valence-electron chi connectivity index (χ0n) is 9.98. The first-order valence-corrected chi connectivity index (χ1v) is 5.86. The summed E-state index contributed by atoms with van der Waals surface area (Å²) < 4.78 is 0. The molecule has 0 aliphatic carbocycles. The number of benzene rings is 1. The van der Waals surface area contributed by atoms with Crippen LogP contribution in [0.2, 0.25) is 0 Å². The fourth-order valence-corrected chi connectivity index (χ4v) is 2.00. The number of hydrogen-bond donors (Lipinski definition) is 3. The van der Waals surface area contributed by atoms with Crippen LogP contribution in [0.3, 0.4) is 0 Å². The van der Waals surface area contributed by atoms with Gasteiger partial charge in [0.2, 0.25) is 0 Å². The van der Waals surface area contributed by atoms with Gasteiger partial charge in [-0.05, 0) is 18.6 Å². The molecule has 0 saturated carbocycles. The van der Waals surface area contributed by atoms with Crippen LogP contribution in [0.1, 0.15) is 24.4 Å². The highest BCUT2D eigenvalue weighted by molar-refractivity contribution is 5.67. The van der Waals surface area contributed by atoms with Crippen molar-refractivity contribution in [3.8, 4) is 11.1 Å². The van der Waals surface area contributed by atoms with Crippen LogP contribution in [0.5, 0.6) is 0 Å². The highest BCUT2D eigenvalue weighted by Gasteiger charge is 2.12. The van der Waals surface area contributed by atoms with Crippen molar-refractivity contribution in [2.45, 2.75) is 19.4 Å². The largest absolute Gasteiger partial charge is 0.396 e. The van der Waals surface area contributed by atoms with Gasteiger partial charge in [-0.1, -0.05) is 30.3 Å². The summed E-state index contributed by atoms with van der Waals surface area (Å²) in [4.78, 5) is 3.30. The van der Waals surface area contributed by atoms with Gasteiger partial charge in [0, 0.05) is 36.0 Å². The molecule has 0 aliphatic heterocycles. The van der Waals surface area contributed by atoms with Gasteiger partial charge in [-0.2, -0.15) is 0 Å². The Morgan fingerprint density at radius 2 is 2.00 bits per heavy atom. The molecule has 1 heterocycles. The van der Waals surface area contributed by atoms with Gasteiger partial charge in [-0.3, -0.25) is 0 Å². The van der Waals surface area contributed by atoms with Gasteiger partial charge in [0.15, 0.2) is 0 Å². The quantitative estimate of drug-likeness (QED) is 0.754. The summed E-state index contributed by atoms with van der Waals surface area (Å²) in [5, 5.41) is 8.98. The average Bonchev–Trinajstić information content (AvgIpc) is 2.75. The van der Waals surface area contributed by atoms with E-state index in [9.17, 15) is 0 Å². The Balaban J connectivity index is 2.44. The first-order chi connectivity index (χ1) is 8.22. The van der Waals surface area contributed by atoms with E-state index in [0.717, 1.165) is 22.5 Å². The Morgan fingerprint density at radius 3 is 2.59 bits per heavy atom. The second kappa shape index (κ2) is 5.17. The fourth-order valence-electron chi connectivity index (χ4n) is 2.00. The summed E-state index contributed by atoms with van der Waals surface area (Å²) in [6.07, 6.45) is 0.632. The van der Waals surface area contributed by atoms with Crippen LogP contribution in [0.25, 0.3) is 11.1 Å². The van der Waals surface area contributed by atoms with Gasteiger partial charge in [0.25, 0.3) is 0 Å². The summed E-state index contributed by atoms with van der Waals surface area (Å²) in [5.41, 5.74) is 10.3. The first kappa shape index (κ1) is 11.9. The van der Waals surface area contributed by atoms with Crippen molar-refractivity contribution in [2.75, 3.05) is 6.61 Å². The van der Waals surface area contributed by atoms with Gasteiger partial charge >= 0.3 is 0 Å². The lowest BCUT2D eigenvalue weighted by molar-refractivity contribution is 0.298. The van der Waals surface area contributed by atoms with Crippen molar-refractivity contribution >= 4 is 0 Å². The maximum absolute atomic E-state index is 8.98. The van der Waals surface area contributed by atoms with E-state index in [2.05, 4.69) is 23.2 Å². The van der Waals surface area contributed by atoms with Crippen LogP contribution < -0.4 is 5.73 Å². The van der Waals surface area contributed by atoms with E-state index in [-0.39, 0.29) is 12.6 Å². The number of aliphatic hydroxyl groups excluding tert-OH is 1. The van der Waals surface area contributed by atoms with Crippen LogP contribution in [0, 0.1) is 0 Å². The summed E-state index contributed by atoms with van der Waals surface area (Å²) in [7, 11) is 0. The smallest absolute Gasteiger partial charge is 0.0485 e. The van der Waals surface area contributed by atoms with Crippen LogP contribution >= 0.6 is 0 Å². The minimum Gasteiger partial charge on any atom is -0.396 e. The number of aromatic nitrogens is 1. The lowest BCUT2D eigenvalue weighted by Crippen LogP contribution is -2.07. The Kier molecular flexibility index (Phi) is 3.61. The molecule has 1 aromatic carbocycles. The number of rotatable bonds is 4. The van der Waals surface area contributed by atoms with Crippen molar-refractivity contribution < 1.29 is 5.11 Å². The normalized spacial score (nSPS) is 12.6. The molecule has 0 saturated heterocycles. The maximum atomic E-state index is 8.98. The number of nitrogens with one attached hydrogen (secondary N) is 1. The van der Waals surface area contributed by atoms with Gasteiger partial charge in [0.1, 0.15) is 0 Å². The molecule has 17 heavy (non-hydrogen) atoms. The van der Waals surface area contributed by atoms with E-state index in [1.807, 2.05) is 25.1 Å². The van der Waals surface area contributed by atoms with Crippen molar-refractivity contribution in [3.05, 3.63) is 47.8 Å². The predicted molar refractivity (Wildman–Crippen MR) is 69.6 cm³/mol. The van der Waals surface area contributed by atoms with Crippen LogP contribution in [0.15, 0.2) is 36.4 Å². The molecule has 0 amide bonds. The molecule has 90 valence electrons. The first-order valence-electron chi connectivity index (χ1n) is 5.86. The summed E-state index contributed by atoms with van der Waals surface area (Å²) >= 11 is 0. The molecule has 3 heteroatoms. The third kappa shape index (κ3) is 2.57. The molecule has 3 nitrogen and oxygen atoms in total. The van der Waals surface area contributed by atoms with E-state index >= 15 is 0 Å². The average molecular weight is 230 g/mol. The SMILES string of the molecule is CC(N)c1[nH]c(CCO)cc1-c1ccccc1. The van der Waals surface area contributed by atoms with Crippen LogP contribution in [-0.2, 0) is 6.42 Å². The predicted octanol–water partition coefficient (Wildman–Crippen LogP) is 2.24. The molecular formula is C14H18N2O. The minimum atomic E-state index is -0.0438. The highest BCUT2D eigenvalue weighted by Crippen LogP contribution is 2.28. The number of nitrogens with two attached hydrogens (primary N) is 1. The minimum absolute atomic E-state index is 0.0438. The van der Waals surface area contributed by atoms with Crippen molar-refractivity contribution in [1.29, 1.82) is 0 Å². The topological polar surface area (TPSA) is 62.0 Å². The van der Waals surface area contributed by atoms with E-state index < -0.39 is 0 Å². The molecule has 4 N–H and O–H groups in total. The second-order valence-corrected chi connectivity index (χ2v) is 4.25. The van der Waals surface area contributed by atoms with E-state index in [4.69, 9.17) is 10.8 Å². The van der Waals surface area contributed by atoms with Crippen molar-refractivity contribution in [2.24, 2.45) is 5.73 Å². The second-order valence-electron chi connectivity index (χ2n) is 4.25. The van der Waals surface area contributed by atoms with Gasteiger partial charge in [0.05, 0.1) is 0 Å². The van der Waals surface area contributed by atoms with Gasteiger partial charge < -0.3 is 15.8 Å². The number of hydrogen-bond acceptors (Lipinski definition) is 2. The zero-order valence-corrected chi connectivity index (χ0v) is 9.98. The van der Waals surface area contributed by atoms with Gasteiger partial charge in [-0.25, -0.2) is 0 Å². The van der Waals surface area contributed by atoms with Crippen LogP contribution in [-0.4, -0.2) is 16.7 Å². The third-order valence-corrected chi connectivity index (χ3v) is 2.83. The molecule has 0 fully saturated rings. The lowest BCUT2D eigenvalue weighted by atomic mass is 10.0. The zero-order chi connectivity index (χ0) is 12.3. The number of H-pyrrole nitrogens is 1. The molecule has 0 aliphatic rings. The Labute approximate surface area is 101 Å². The molecule has 0 radical (unpaired) electrons. The molecule has 1 unspecified atom stereocenters. The van der Waals surface area contributed by atoms with E-state index in [1.165, 1.54) is 0 Å². The van der Waals surface area contributed by atoms with E-state index in [1.54, 1.807) is 0 Å². The summed E-state index contributed by atoms with van der Waals surface area (Å²) in [5.74, 6) is 0. The van der Waals surface area contributed by atoms with Crippen molar-refractivity contribution in [1.82, 2.24) is 4.98 Å². The summed E-state index contributed by atoms with van der Waals surface area (Å²) in [6.45, 7) is 2.11. The standard InChI is InChI=1S/C14H18N2O/c1-10(15)14-13(9-12(16-14)7-8-17)11-5-3-2-4-6-11/h2-6,9-10,16-17H,7-8,15H2,1H3. The monoisotopic (exact) mass is 230 g/mol. The molecule has 1 aromatic heterocycles. The third-order valence-electron chi connectivity index (χ3n) is 2.83.